The van der Waals surface area contributed by atoms with E-state index in [2.05, 4.69) is 60.7 Å². The van der Waals surface area contributed by atoms with E-state index in [0.29, 0.717) is 0 Å². The van der Waals surface area contributed by atoms with Crippen LogP contribution < -0.4 is 0 Å². The lowest BCUT2D eigenvalue weighted by atomic mass is 10.0. The first kappa shape index (κ1) is 14.5. The molecule has 0 atom stereocenters. The predicted octanol–water partition coefficient (Wildman–Crippen LogP) is 2.32. The highest BCUT2D eigenvalue weighted by atomic mass is 16.3. The maximum absolute atomic E-state index is 8.17. The molecule has 0 saturated heterocycles. The Kier molecular flexibility index (Phi) is 5.07. The second-order valence-electron chi connectivity index (χ2n) is 4.57. The van der Waals surface area contributed by atoms with Gasteiger partial charge in [-0.3, -0.25) is 0 Å². The van der Waals surface area contributed by atoms with Gasteiger partial charge in [-0.25, -0.2) is 0 Å². The van der Waals surface area contributed by atoms with E-state index in [1.165, 1.54) is 21.5 Å². The largest absolute Gasteiger partial charge is 0.394 e. The number of benzene rings is 3. The van der Waals surface area contributed by atoms with Crippen LogP contribution >= 0.6 is 0 Å². The summed E-state index contributed by atoms with van der Waals surface area (Å²) >= 11 is 0. The molecule has 0 aliphatic rings. The molecule has 0 amide bonds. The molecule has 0 aliphatic heterocycles. The van der Waals surface area contributed by atoms with E-state index in [-0.39, 0.29) is 13.2 Å². The van der Waals surface area contributed by atoms with Crippen LogP contribution in [0.2, 0.25) is 0 Å². The van der Waals surface area contributed by atoms with Crippen molar-refractivity contribution in [3.63, 3.8) is 0 Å². The highest BCUT2D eigenvalue weighted by Gasteiger charge is 1.95. The summed E-state index contributed by atoms with van der Waals surface area (Å²) in [6, 6.07) is 21.4. The van der Waals surface area contributed by atoms with Crippen molar-refractivity contribution >= 4 is 21.5 Å². The average molecular weight is 270 g/mol. The zero-order chi connectivity index (χ0) is 14.4. The Hall–Kier alpha value is -1.94. The van der Waals surface area contributed by atoms with Crippen LogP contribution in [0.3, 0.4) is 0 Å². The van der Waals surface area contributed by atoms with Gasteiger partial charge in [0, 0.05) is 0 Å². The van der Waals surface area contributed by atoms with Crippen LogP contribution in [0.1, 0.15) is 0 Å². The van der Waals surface area contributed by atoms with Crippen LogP contribution in [0.4, 0.5) is 0 Å². The lowest BCUT2D eigenvalue weighted by Gasteiger charge is -2.00. The summed E-state index contributed by atoms with van der Waals surface area (Å²) in [5.41, 5.74) is 0. The fraction of sp³-hybridized carbons (Fsp3) is 0.176. The minimum Gasteiger partial charge on any atom is -0.394 e. The van der Waals surface area contributed by atoms with Gasteiger partial charge in [-0.1, -0.05) is 48.5 Å². The van der Waals surface area contributed by atoms with Crippen molar-refractivity contribution in [3.8, 4) is 0 Å². The standard InChI is InChI=1S/C14H10.C3H8O3/c1-2-6-12-10-14-8-4-3-7-13(14)9-11(12)5-1;4-1-3(6)2-5/h1-10H;3-6H,1-2H2. The molecule has 3 rings (SSSR count). The lowest BCUT2D eigenvalue weighted by Crippen LogP contribution is -2.15. The number of fused-ring (bicyclic) bond motifs is 2. The van der Waals surface area contributed by atoms with Crippen LogP contribution in [-0.4, -0.2) is 34.6 Å². The third-order valence-electron chi connectivity index (χ3n) is 3.04. The molecule has 20 heavy (non-hydrogen) atoms. The minimum atomic E-state index is -0.954. The molecule has 3 aromatic rings. The molecule has 0 spiro atoms. The first-order valence-corrected chi connectivity index (χ1v) is 6.52. The summed E-state index contributed by atoms with van der Waals surface area (Å²) in [5, 5.41) is 29.3. The topological polar surface area (TPSA) is 60.7 Å². The van der Waals surface area contributed by atoms with Gasteiger partial charge >= 0.3 is 0 Å². The zero-order valence-corrected chi connectivity index (χ0v) is 11.1. The molecule has 3 nitrogen and oxygen atoms in total. The van der Waals surface area contributed by atoms with Crippen LogP contribution in [0.5, 0.6) is 0 Å². The molecule has 0 unspecified atom stereocenters. The van der Waals surface area contributed by atoms with E-state index in [4.69, 9.17) is 15.3 Å². The molecule has 0 saturated carbocycles. The highest BCUT2D eigenvalue weighted by Crippen LogP contribution is 2.21. The number of aliphatic hydroxyl groups is 3. The molecule has 3 N–H and O–H groups in total. The quantitative estimate of drug-likeness (QED) is 0.626. The van der Waals surface area contributed by atoms with Crippen molar-refractivity contribution in [1.29, 1.82) is 0 Å². The summed E-state index contributed by atoms with van der Waals surface area (Å²) in [6.07, 6.45) is -0.954. The smallest absolute Gasteiger partial charge is 0.100 e. The fourth-order valence-corrected chi connectivity index (χ4v) is 1.94. The molecule has 104 valence electrons. The van der Waals surface area contributed by atoms with Gasteiger partial charge in [0.2, 0.25) is 0 Å². The molecular formula is C17H18O3. The Labute approximate surface area is 117 Å². The molecule has 3 heteroatoms. The van der Waals surface area contributed by atoms with Crippen LogP contribution in [0.15, 0.2) is 60.7 Å². The van der Waals surface area contributed by atoms with Gasteiger partial charge in [-0.05, 0) is 33.7 Å². The number of aliphatic hydroxyl groups excluding tert-OH is 3. The number of hydrogen-bond donors (Lipinski definition) is 3. The third kappa shape index (κ3) is 3.54. The Morgan fingerprint density at radius 2 is 0.950 bits per heavy atom. The van der Waals surface area contributed by atoms with E-state index in [9.17, 15) is 0 Å². The highest BCUT2D eigenvalue weighted by molar-refractivity contribution is 5.98. The Morgan fingerprint density at radius 3 is 1.15 bits per heavy atom. The van der Waals surface area contributed by atoms with Gasteiger partial charge in [-0.2, -0.15) is 0 Å². The van der Waals surface area contributed by atoms with Crippen molar-refractivity contribution in [3.05, 3.63) is 60.7 Å². The molecule has 0 bridgehead atoms. The van der Waals surface area contributed by atoms with Crippen LogP contribution in [0, 0.1) is 0 Å². The fourth-order valence-electron chi connectivity index (χ4n) is 1.94. The van der Waals surface area contributed by atoms with E-state index in [1.807, 2.05) is 0 Å². The average Bonchev–Trinajstić information content (AvgIpc) is 2.52. The molecular weight excluding hydrogens is 252 g/mol. The second kappa shape index (κ2) is 7.01. The molecule has 0 aliphatic carbocycles. The zero-order valence-electron chi connectivity index (χ0n) is 11.1. The summed E-state index contributed by atoms with van der Waals surface area (Å²) < 4.78 is 0. The third-order valence-corrected chi connectivity index (χ3v) is 3.04. The van der Waals surface area contributed by atoms with Crippen molar-refractivity contribution in [2.75, 3.05) is 13.2 Å². The van der Waals surface area contributed by atoms with Gasteiger partial charge in [0.1, 0.15) is 6.10 Å². The van der Waals surface area contributed by atoms with Gasteiger partial charge < -0.3 is 15.3 Å². The maximum Gasteiger partial charge on any atom is 0.100 e. The van der Waals surface area contributed by atoms with E-state index in [0.717, 1.165) is 0 Å². The number of rotatable bonds is 2. The molecule has 0 heterocycles. The van der Waals surface area contributed by atoms with Gasteiger partial charge in [0.15, 0.2) is 0 Å². The number of hydrogen-bond acceptors (Lipinski definition) is 3. The lowest BCUT2D eigenvalue weighted by molar-refractivity contribution is 0.0450. The van der Waals surface area contributed by atoms with E-state index < -0.39 is 6.10 Å². The van der Waals surface area contributed by atoms with E-state index in [1.54, 1.807) is 0 Å². The van der Waals surface area contributed by atoms with Gasteiger partial charge in [-0.15, -0.1) is 0 Å². The second-order valence-corrected chi connectivity index (χ2v) is 4.57. The molecule has 0 aromatic heterocycles. The van der Waals surface area contributed by atoms with Crippen molar-refractivity contribution < 1.29 is 15.3 Å². The van der Waals surface area contributed by atoms with E-state index >= 15 is 0 Å². The predicted molar refractivity (Wildman–Crippen MR) is 81.6 cm³/mol. The van der Waals surface area contributed by atoms with Crippen molar-refractivity contribution in [2.45, 2.75) is 6.10 Å². The molecule has 0 radical (unpaired) electrons. The SMILES string of the molecule is OCC(O)CO.c1ccc2cc3ccccc3cc2c1. The normalized spacial score (nSPS) is 10.6. The first-order chi connectivity index (χ1) is 9.74. The maximum atomic E-state index is 8.17. The van der Waals surface area contributed by atoms with Crippen molar-refractivity contribution in [1.82, 2.24) is 0 Å². The summed E-state index contributed by atoms with van der Waals surface area (Å²) in [7, 11) is 0. The first-order valence-electron chi connectivity index (χ1n) is 6.52. The van der Waals surface area contributed by atoms with Gasteiger partial charge in [0.05, 0.1) is 13.2 Å². The van der Waals surface area contributed by atoms with Crippen LogP contribution in [0.25, 0.3) is 21.5 Å². The van der Waals surface area contributed by atoms with Crippen molar-refractivity contribution in [2.24, 2.45) is 0 Å². The molecule has 3 aromatic carbocycles. The summed E-state index contributed by atoms with van der Waals surface area (Å²) in [5.74, 6) is 0. The summed E-state index contributed by atoms with van der Waals surface area (Å²) in [6.45, 7) is -0.729. The van der Waals surface area contributed by atoms with Gasteiger partial charge in [0.25, 0.3) is 0 Å². The summed E-state index contributed by atoms with van der Waals surface area (Å²) in [4.78, 5) is 0. The Bertz CT molecular complexity index is 570. The monoisotopic (exact) mass is 270 g/mol. The Balaban J connectivity index is 0.000000212. The van der Waals surface area contributed by atoms with Crippen LogP contribution in [-0.2, 0) is 0 Å². The molecule has 0 fully saturated rings. The minimum absolute atomic E-state index is 0.365. The Morgan fingerprint density at radius 1 is 0.650 bits per heavy atom.